The van der Waals surface area contributed by atoms with E-state index in [2.05, 4.69) is 31.2 Å². The molecule has 2 aromatic rings. The van der Waals surface area contributed by atoms with Gasteiger partial charge in [-0.1, -0.05) is 25.4 Å². The predicted octanol–water partition coefficient (Wildman–Crippen LogP) is 4.45. The Morgan fingerprint density at radius 1 is 1.23 bits per heavy atom. The second-order valence-electron chi connectivity index (χ2n) is 8.50. The van der Waals surface area contributed by atoms with Gasteiger partial charge in [0, 0.05) is 30.4 Å². The Morgan fingerprint density at radius 2 is 1.87 bits per heavy atom. The van der Waals surface area contributed by atoms with Crippen LogP contribution in [-0.2, 0) is 15.6 Å². The summed E-state index contributed by atoms with van der Waals surface area (Å²) in [5.41, 5.74) is 1.50. The SMILES string of the molecule is CCN(CC)S(=O)(=O)c1cc(NC(=O)c2cc(C3CC3)n(C(C)(C)C)n2)ccc1Cl. The lowest BCUT2D eigenvalue weighted by molar-refractivity contribution is 0.102. The maximum Gasteiger partial charge on any atom is 0.276 e. The first-order chi connectivity index (χ1) is 14.0. The average Bonchev–Trinajstić information content (AvgIpc) is 3.40. The molecule has 30 heavy (non-hydrogen) atoms. The fourth-order valence-corrected chi connectivity index (χ4v) is 5.35. The standard InChI is InChI=1S/C21H29ClN4O3S/c1-6-25(7-2)30(28,29)19-12-15(10-11-16(19)22)23-20(27)17-13-18(14-8-9-14)26(24-17)21(3,4)5/h10-14H,6-9H2,1-5H3,(H,23,27). The number of benzene rings is 1. The molecule has 1 aliphatic rings. The maximum absolute atomic E-state index is 12.9. The Bertz CT molecular complexity index is 1050. The molecule has 1 amide bonds. The van der Waals surface area contributed by atoms with Crippen LogP contribution in [0.2, 0.25) is 5.02 Å². The highest BCUT2D eigenvalue weighted by atomic mass is 35.5. The van der Waals surface area contributed by atoms with E-state index >= 15 is 0 Å². The van der Waals surface area contributed by atoms with Gasteiger partial charge in [-0.25, -0.2) is 8.42 Å². The lowest BCUT2D eigenvalue weighted by Crippen LogP contribution is -2.31. The molecule has 1 N–H and O–H groups in total. The van der Waals surface area contributed by atoms with Crippen LogP contribution in [0.4, 0.5) is 5.69 Å². The van der Waals surface area contributed by atoms with E-state index in [0.717, 1.165) is 18.5 Å². The lowest BCUT2D eigenvalue weighted by atomic mass is 10.1. The van der Waals surface area contributed by atoms with E-state index in [1.165, 1.54) is 16.4 Å². The van der Waals surface area contributed by atoms with Crippen LogP contribution in [0, 0.1) is 0 Å². The molecule has 1 aromatic carbocycles. The zero-order valence-corrected chi connectivity index (χ0v) is 19.6. The molecular formula is C21H29ClN4O3S. The van der Waals surface area contributed by atoms with Gasteiger partial charge in [0.25, 0.3) is 5.91 Å². The number of carbonyl (C=O) groups is 1. The largest absolute Gasteiger partial charge is 0.321 e. The number of amides is 1. The van der Waals surface area contributed by atoms with Crippen LogP contribution >= 0.6 is 11.6 Å². The fraction of sp³-hybridized carbons (Fsp3) is 0.524. The number of hydrogen-bond acceptors (Lipinski definition) is 4. The van der Waals surface area contributed by atoms with Crippen LogP contribution in [0.3, 0.4) is 0 Å². The number of nitrogens with one attached hydrogen (secondary N) is 1. The minimum atomic E-state index is -3.75. The van der Waals surface area contributed by atoms with Gasteiger partial charge < -0.3 is 5.32 Å². The minimum absolute atomic E-state index is 0.0236. The predicted molar refractivity (Wildman–Crippen MR) is 119 cm³/mol. The summed E-state index contributed by atoms with van der Waals surface area (Å²) in [5.74, 6) is 0.0630. The van der Waals surface area contributed by atoms with Crippen LogP contribution in [-0.4, -0.2) is 41.5 Å². The average molecular weight is 453 g/mol. The van der Waals surface area contributed by atoms with Crippen LogP contribution < -0.4 is 5.32 Å². The molecule has 0 atom stereocenters. The number of halogens is 1. The van der Waals surface area contributed by atoms with Gasteiger partial charge in [-0.05, 0) is 57.9 Å². The fourth-order valence-electron chi connectivity index (χ4n) is 3.39. The van der Waals surface area contributed by atoms with Crippen molar-refractivity contribution in [1.82, 2.24) is 14.1 Å². The Hall–Kier alpha value is -1.90. The number of rotatable bonds is 7. The molecule has 1 fully saturated rings. The zero-order valence-electron chi connectivity index (χ0n) is 18.1. The van der Waals surface area contributed by atoms with Crippen molar-refractivity contribution in [3.8, 4) is 0 Å². The molecule has 0 spiro atoms. The summed E-state index contributed by atoms with van der Waals surface area (Å²) in [6, 6.07) is 6.30. The Kier molecular flexibility index (Phi) is 6.32. The van der Waals surface area contributed by atoms with Gasteiger partial charge >= 0.3 is 0 Å². The Labute approximate surface area is 183 Å². The molecule has 7 nitrogen and oxygen atoms in total. The van der Waals surface area contributed by atoms with Gasteiger partial charge in [-0.15, -0.1) is 0 Å². The maximum atomic E-state index is 12.9. The Balaban J connectivity index is 1.90. The summed E-state index contributed by atoms with van der Waals surface area (Å²) < 4.78 is 29.0. The first-order valence-electron chi connectivity index (χ1n) is 10.2. The molecule has 1 saturated carbocycles. The van der Waals surface area contributed by atoms with Gasteiger partial charge in [0.15, 0.2) is 5.69 Å². The molecule has 0 unspecified atom stereocenters. The highest BCUT2D eigenvalue weighted by molar-refractivity contribution is 7.89. The summed E-state index contributed by atoms with van der Waals surface area (Å²) in [5, 5.41) is 7.42. The summed E-state index contributed by atoms with van der Waals surface area (Å²) in [4.78, 5) is 12.8. The van der Waals surface area contributed by atoms with Gasteiger partial charge in [0.1, 0.15) is 4.90 Å². The van der Waals surface area contributed by atoms with Crippen molar-refractivity contribution in [1.29, 1.82) is 0 Å². The van der Waals surface area contributed by atoms with Gasteiger partial charge in [0.05, 0.1) is 10.6 Å². The van der Waals surface area contributed by atoms with Crippen LogP contribution in [0.5, 0.6) is 0 Å². The van der Waals surface area contributed by atoms with E-state index in [1.807, 2.05) is 10.7 Å². The third-order valence-electron chi connectivity index (χ3n) is 5.11. The molecule has 9 heteroatoms. The molecule has 3 rings (SSSR count). The van der Waals surface area contributed by atoms with E-state index in [-0.39, 0.29) is 21.4 Å². The second kappa shape index (κ2) is 8.32. The smallest absolute Gasteiger partial charge is 0.276 e. The molecule has 0 radical (unpaired) electrons. The van der Waals surface area contributed by atoms with Gasteiger partial charge in [-0.3, -0.25) is 9.48 Å². The third kappa shape index (κ3) is 4.55. The normalized spacial score (nSPS) is 14.9. The first kappa shape index (κ1) is 22.8. The van der Waals surface area contributed by atoms with Crippen molar-refractivity contribution >= 4 is 33.2 Å². The lowest BCUT2D eigenvalue weighted by Gasteiger charge is -2.22. The second-order valence-corrected chi connectivity index (χ2v) is 10.8. The minimum Gasteiger partial charge on any atom is -0.321 e. The van der Waals surface area contributed by atoms with E-state index in [0.29, 0.717) is 30.4 Å². The number of hydrogen-bond donors (Lipinski definition) is 1. The number of carbonyl (C=O) groups excluding carboxylic acids is 1. The van der Waals surface area contributed by atoms with Crippen molar-refractivity contribution < 1.29 is 13.2 Å². The summed E-state index contributed by atoms with van der Waals surface area (Å²) >= 11 is 6.17. The molecule has 0 aliphatic heterocycles. The van der Waals surface area contributed by atoms with Crippen molar-refractivity contribution in [2.75, 3.05) is 18.4 Å². The van der Waals surface area contributed by atoms with Crippen molar-refractivity contribution in [2.24, 2.45) is 0 Å². The quantitative estimate of drug-likeness (QED) is 0.672. The van der Waals surface area contributed by atoms with Gasteiger partial charge in [-0.2, -0.15) is 9.40 Å². The number of sulfonamides is 1. The van der Waals surface area contributed by atoms with Crippen molar-refractivity contribution in [3.05, 3.63) is 40.7 Å². The molecule has 1 aliphatic carbocycles. The molecule has 0 saturated heterocycles. The summed E-state index contributed by atoms with van der Waals surface area (Å²) in [6.07, 6.45) is 2.21. The van der Waals surface area contributed by atoms with E-state index < -0.39 is 10.0 Å². The number of nitrogens with zero attached hydrogens (tertiary/aromatic N) is 3. The molecule has 0 bridgehead atoms. The third-order valence-corrected chi connectivity index (χ3v) is 7.64. The van der Waals surface area contributed by atoms with Crippen molar-refractivity contribution in [2.45, 2.75) is 63.8 Å². The van der Waals surface area contributed by atoms with E-state index in [9.17, 15) is 13.2 Å². The van der Waals surface area contributed by atoms with Crippen molar-refractivity contribution in [3.63, 3.8) is 0 Å². The number of anilines is 1. The molecular weight excluding hydrogens is 424 g/mol. The van der Waals surface area contributed by atoms with Gasteiger partial charge in [0.2, 0.25) is 10.0 Å². The number of aromatic nitrogens is 2. The van der Waals surface area contributed by atoms with E-state index in [1.54, 1.807) is 19.9 Å². The summed E-state index contributed by atoms with van der Waals surface area (Å²) in [7, 11) is -3.75. The molecule has 1 heterocycles. The highest BCUT2D eigenvalue weighted by Crippen LogP contribution is 2.41. The molecule has 1 aromatic heterocycles. The van der Waals surface area contributed by atoms with Crippen LogP contribution in [0.1, 0.15) is 69.6 Å². The monoisotopic (exact) mass is 452 g/mol. The summed E-state index contributed by atoms with van der Waals surface area (Å²) in [6.45, 7) is 10.4. The highest BCUT2D eigenvalue weighted by Gasteiger charge is 2.32. The topological polar surface area (TPSA) is 84.3 Å². The Morgan fingerprint density at radius 3 is 2.40 bits per heavy atom. The molecule has 164 valence electrons. The van der Waals surface area contributed by atoms with Crippen LogP contribution in [0.25, 0.3) is 0 Å². The van der Waals surface area contributed by atoms with Crippen LogP contribution in [0.15, 0.2) is 29.2 Å². The van der Waals surface area contributed by atoms with E-state index in [4.69, 9.17) is 11.6 Å². The first-order valence-corrected chi connectivity index (χ1v) is 12.0. The zero-order chi connectivity index (χ0) is 22.3.